The third-order valence-corrected chi connectivity index (χ3v) is 4.40. The van der Waals surface area contributed by atoms with Crippen LogP contribution in [0.4, 0.5) is 16.4 Å². The fourth-order valence-corrected chi connectivity index (χ4v) is 3.08. The fourth-order valence-electron chi connectivity index (χ4n) is 2.27. The molecule has 0 saturated heterocycles. The average Bonchev–Trinajstić information content (AvgIpc) is 2.95. The van der Waals surface area contributed by atoms with Gasteiger partial charge in [-0.1, -0.05) is 24.3 Å². The van der Waals surface area contributed by atoms with Crippen molar-refractivity contribution >= 4 is 33.6 Å². The molecule has 116 valence electrons. The van der Waals surface area contributed by atoms with E-state index in [9.17, 15) is 4.79 Å². The number of carbonyl (C=O) groups excluding carboxylic acids is 1. The van der Waals surface area contributed by atoms with Gasteiger partial charge < -0.3 is 16.8 Å². The Labute approximate surface area is 138 Å². The molecule has 0 unspecified atom stereocenters. The van der Waals surface area contributed by atoms with Crippen LogP contribution in [-0.4, -0.2) is 5.91 Å². The van der Waals surface area contributed by atoms with E-state index in [1.807, 2.05) is 48.5 Å². The molecule has 3 aromatic rings. The van der Waals surface area contributed by atoms with E-state index in [4.69, 9.17) is 11.5 Å². The van der Waals surface area contributed by atoms with Crippen LogP contribution in [0, 0.1) is 0 Å². The van der Waals surface area contributed by atoms with Crippen LogP contribution in [0.15, 0.2) is 60.7 Å². The monoisotopic (exact) mass is 323 g/mol. The molecule has 1 heterocycles. The molecular weight excluding hydrogens is 306 g/mol. The summed E-state index contributed by atoms with van der Waals surface area (Å²) in [6, 6.07) is 18.7. The van der Waals surface area contributed by atoms with E-state index < -0.39 is 0 Å². The smallest absolute Gasteiger partial charge is 0.255 e. The van der Waals surface area contributed by atoms with Gasteiger partial charge in [0.25, 0.3) is 5.91 Å². The number of nitrogens with two attached hydrogens (primary N) is 2. The molecule has 0 bridgehead atoms. The van der Waals surface area contributed by atoms with Crippen molar-refractivity contribution < 1.29 is 4.79 Å². The maximum Gasteiger partial charge on any atom is 0.255 e. The molecule has 4 nitrogen and oxygen atoms in total. The molecule has 2 aromatic carbocycles. The zero-order chi connectivity index (χ0) is 16.2. The van der Waals surface area contributed by atoms with Crippen LogP contribution < -0.4 is 16.8 Å². The van der Waals surface area contributed by atoms with Gasteiger partial charge in [-0.3, -0.25) is 4.79 Å². The highest BCUT2D eigenvalue weighted by Crippen LogP contribution is 2.22. The number of hydrogen-bond acceptors (Lipinski definition) is 4. The highest BCUT2D eigenvalue weighted by molar-refractivity contribution is 7.15. The second-order valence-electron chi connectivity index (χ2n) is 5.22. The number of hydrogen-bond donors (Lipinski definition) is 3. The van der Waals surface area contributed by atoms with Crippen molar-refractivity contribution in [1.82, 2.24) is 0 Å². The van der Waals surface area contributed by atoms with Gasteiger partial charge in [0.15, 0.2) is 0 Å². The molecule has 5 heteroatoms. The van der Waals surface area contributed by atoms with Crippen LogP contribution in [0.5, 0.6) is 0 Å². The van der Waals surface area contributed by atoms with Gasteiger partial charge in [-0.05, 0) is 42.0 Å². The number of thiophene rings is 1. The number of amides is 1. The lowest BCUT2D eigenvalue weighted by Crippen LogP contribution is -2.13. The predicted molar refractivity (Wildman–Crippen MR) is 96.8 cm³/mol. The summed E-state index contributed by atoms with van der Waals surface area (Å²) in [7, 11) is 0. The number of anilines is 3. The topological polar surface area (TPSA) is 81.1 Å². The van der Waals surface area contributed by atoms with Crippen molar-refractivity contribution in [2.24, 2.45) is 0 Å². The van der Waals surface area contributed by atoms with Crippen LogP contribution in [-0.2, 0) is 6.42 Å². The zero-order valence-electron chi connectivity index (χ0n) is 12.5. The Morgan fingerprint density at radius 2 is 1.70 bits per heavy atom. The van der Waals surface area contributed by atoms with Crippen LogP contribution in [0.3, 0.4) is 0 Å². The lowest BCUT2D eigenvalue weighted by Gasteiger charge is -2.08. The molecular formula is C18H17N3OS. The summed E-state index contributed by atoms with van der Waals surface area (Å²) in [6.45, 7) is 0. The molecule has 1 aromatic heterocycles. The second kappa shape index (κ2) is 6.54. The van der Waals surface area contributed by atoms with Crippen molar-refractivity contribution in [2.45, 2.75) is 6.42 Å². The van der Waals surface area contributed by atoms with Crippen molar-refractivity contribution in [2.75, 3.05) is 16.8 Å². The molecule has 0 fully saturated rings. The summed E-state index contributed by atoms with van der Waals surface area (Å²) in [5, 5.41) is 3.64. The molecule has 0 aliphatic heterocycles. The van der Waals surface area contributed by atoms with Gasteiger partial charge in [-0.25, -0.2) is 0 Å². The lowest BCUT2D eigenvalue weighted by molar-refractivity contribution is 0.102. The molecule has 0 saturated carbocycles. The third kappa shape index (κ3) is 3.70. The average molecular weight is 323 g/mol. The van der Waals surface area contributed by atoms with Crippen molar-refractivity contribution in [1.29, 1.82) is 0 Å². The number of carbonyl (C=O) groups is 1. The second-order valence-corrected chi connectivity index (χ2v) is 6.42. The Hall–Kier alpha value is -2.79. The Bertz CT molecular complexity index is 824. The van der Waals surface area contributed by atoms with Crippen LogP contribution >= 0.6 is 11.3 Å². The van der Waals surface area contributed by atoms with E-state index >= 15 is 0 Å². The van der Waals surface area contributed by atoms with Crippen molar-refractivity contribution in [3.8, 4) is 0 Å². The standard InChI is InChI=1S/C18H17N3OS/c19-15-3-1-2-4-16(15)21-18(22)13-7-5-12(6-8-13)11-14-9-10-17(20)23-14/h1-10H,11,19-20H2,(H,21,22). The van der Waals surface area contributed by atoms with E-state index in [0.717, 1.165) is 17.0 Å². The maximum atomic E-state index is 12.3. The van der Waals surface area contributed by atoms with Crippen molar-refractivity contribution in [3.63, 3.8) is 0 Å². The number of benzene rings is 2. The normalized spacial score (nSPS) is 10.4. The molecule has 1 amide bonds. The van der Waals surface area contributed by atoms with Gasteiger partial charge in [0.2, 0.25) is 0 Å². The van der Waals surface area contributed by atoms with E-state index in [1.165, 1.54) is 4.88 Å². The first kappa shape index (κ1) is 15.1. The highest BCUT2D eigenvalue weighted by atomic mass is 32.1. The molecule has 23 heavy (non-hydrogen) atoms. The molecule has 0 aliphatic carbocycles. The SMILES string of the molecule is Nc1ccc(Cc2ccc(C(=O)Nc3ccccc3N)cc2)s1. The molecule has 3 rings (SSSR count). The summed E-state index contributed by atoms with van der Waals surface area (Å²) in [6.07, 6.45) is 0.815. The maximum absolute atomic E-state index is 12.3. The highest BCUT2D eigenvalue weighted by Gasteiger charge is 2.08. The van der Waals surface area contributed by atoms with E-state index in [-0.39, 0.29) is 5.91 Å². The third-order valence-electron chi connectivity index (χ3n) is 3.49. The van der Waals surface area contributed by atoms with Gasteiger partial charge in [0, 0.05) is 16.9 Å². The summed E-state index contributed by atoms with van der Waals surface area (Å²) < 4.78 is 0. The predicted octanol–water partition coefficient (Wildman–Crippen LogP) is 3.76. The molecule has 0 aliphatic rings. The van der Waals surface area contributed by atoms with E-state index in [0.29, 0.717) is 16.9 Å². The van der Waals surface area contributed by atoms with Gasteiger partial charge >= 0.3 is 0 Å². The summed E-state index contributed by atoms with van der Waals surface area (Å²) in [4.78, 5) is 13.5. The van der Waals surface area contributed by atoms with E-state index in [1.54, 1.807) is 23.5 Å². The molecule has 0 atom stereocenters. The lowest BCUT2D eigenvalue weighted by atomic mass is 10.1. The van der Waals surface area contributed by atoms with Crippen molar-refractivity contribution in [3.05, 3.63) is 76.7 Å². The van der Waals surface area contributed by atoms with Gasteiger partial charge in [-0.15, -0.1) is 11.3 Å². The number of nitrogen functional groups attached to an aromatic ring is 2. The summed E-state index contributed by atoms with van der Waals surface area (Å²) in [5.74, 6) is -0.171. The number of nitrogens with one attached hydrogen (secondary N) is 1. The minimum absolute atomic E-state index is 0.171. The minimum atomic E-state index is -0.171. The molecule has 0 radical (unpaired) electrons. The first-order valence-electron chi connectivity index (χ1n) is 7.21. The number of rotatable bonds is 4. The molecule has 0 spiro atoms. The number of para-hydroxylation sites is 2. The summed E-state index contributed by atoms with van der Waals surface area (Å²) >= 11 is 1.58. The molecule has 5 N–H and O–H groups in total. The van der Waals surface area contributed by atoms with Gasteiger partial charge in [-0.2, -0.15) is 0 Å². The Balaban J connectivity index is 1.69. The first-order chi connectivity index (χ1) is 11.1. The van der Waals surface area contributed by atoms with Crippen LogP contribution in [0.25, 0.3) is 0 Å². The van der Waals surface area contributed by atoms with Crippen LogP contribution in [0.1, 0.15) is 20.8 Å². The van der Waals surface area contributed by atoms with Gasteiger partial charge in [0.1, 0.15) is 0 Å². The fraction of sp³-hybridized carbons (Fsp3) is 0.0556. The largest absolute Gasteiger partial charge is 0.397 e. The van der Waals surface area contributed by atoms with Gasteiger partial charge in [0.05, 0.1) is 16.4 Å². The Morgan fingerprint density at radius 3 is 2.35 bits per heavy atom. The van der Waals surface area contributed by atoms with Crippen LogP contribution in [0.2, 0.25) is 0 Å². The quantitative estimate of drug-likeness (QED) is 0.640. The Morgan fingerprint density at radius 1 is 0.957 bits per heavy atom. The summed E-state index contributed by atoms with van der Waals surface area (Å²) in [5.41, 5.74) is 14.5. The Kier molecular flexibility index (Phi) is 4.30. The minimum Gasteiger partial charge on any atom is -0.397 e. The zero-order valence-corrected chi connectivity index (χ0v) is 13.3. The first-order valence-corrected chi connectivity index (χ1v) is 8.02. The van der Waals surface area contributed by atoms with E-state index in [2.05, 4.69) is 5.32 Å².